The zero-order chi connectivity index (χ0) is 12.0. The van der Waals surface area contributed by atoms with Crippen LogP contribution >= 0.6 is 0 Å². The Morgan fingerprint density at radius 3 is 2.81 bits per heavy atom. The van der Waals surface area contributed by atoms with Crippen LogP contribution in [0.1, 0.15) is 44.0 Å². The largest absolute Gasteiger partial charge is 0.294 e. The lowest BCUT2D eigenvalue weighted by Crippen LogP contribution is -2.32. The summed E-state index contributed by atoms with van der Waals surface area (Å²) < 4.78 is 2.04. The molecule has 0 atom stereocenters. The molecule has 0 aliphatic heterocycles. The van der Waals surface area contributed by atoms with Crippen LogP contribution in [0, 0.1) is 0 Å². The Morgan fingerprint density at radius 1 is 1.44 bits per heavy atom. The molecule has 1 aromatic heterocycles. The lowest BCUT2D eigenvalue weighted by molar-refractivity contribution is -0.687. The zero-order valence-electron chi connectivity index (χ0n) is 10.4. The van der Waals surface area contributed by atoms with Gasteiger partial charge < -0.3 is 0 Å². The predicted octanol–water partition coefficient (Wildman–Crippen LogP) is 2.92. The number of Topliss-reactive ketones (excluding diaryl/α,β-unsaturated/α-hetero) is 1. The van der Waals surface area contributed by atoms with Gasteiger partial charge in [-0.1, -0.05) is 12.5 Å². The molecular weight excluding hydrogens is 198 g/mol. The Morgan fingerprint density at radius 2 is 2.19 bits per heavy atom. The van der Waals surface area contributed by atoms with Crippen molar-refractivity contribution in [3.05, 3.63) is 41.7 Å². The van der Waals surface area contributed by atoms with Crippen molar-refractivity contribution in [3.63, 3.8) is 0 Å². The van der Waals surface area contributed by atoms with Crippen LogP contribution in [0.3, 0.4) is 0 Å². The quantitative estimate of drug-likeness (QED) is 0.423. The van der Waals surface area contributed by atoms with Crippen LogP contribution in [-0.2, 0) is 6.54 Å². The van der Waals surface area contributed by atoms with Crippen LogP contribution in [0.25, 0.3) is 0 Å². The van der Waals surface area contributed by atoms with Crippen molar-refractivity contribution in [2.24, 2.45) is 0 Å². The van der Waals surface area contributed by atoms with Gasteiger partial charge in [-0.3, -0.25) is 4.79 Å². The molecule has 0 aromatic carbocycles. The highest BCUT2D eigenvalue weighted by Crippen LogP contribution is 2.02. The first-order chi connectivity index (χ1) is 7.63. The van der Waals surface area contributed by atoms with E-state index in [4.69, 9.17) is 0 Å². The van der Waals surface area contributed by atoms with Crippen LogP contribution in [0.4, 0.5) is 0 Å². The van der Waals surface area contributed by atoms with Crippen molar-refractivity contribution in [3.8, 4) is 0 Å². The van der Waals surface area contributed by atoms with Gasteiger partial charge in [0, 0.05) is 12.5 Å². The standard InChI is InChI=1S/C14H20NO/c1-4-6-14(16)13-7-5-9-15(11-13)10-8-12(2)3/h5,7-9,11H,4,6,10H2,1-3H3/q+1. The highest BCUT2D eigenvalue weighted by molar-refractivity contribution is 5.95. The molecule has 0 N–H and O–H groups in total. The van der Waals surface area contributed by atoms with Gasteiger partial charge >= 0.3 is 0 Å². The summed E-state index contributed by atoms with van der Waals surface area (Å²) >= 11 is 0. The van der Waals surface area contributed by atoms with Crippen LogP contribution in [0.5, 0.6) is 0 Å². The second kappa shape index (κ2) is 6.21. The van der Waals surface area contributed by atoms with Crippen LogP contribution in [0.2, 0.25) is 0 Å². The van der Waals surface area contributed by atoms with Crippen molar-refractivity contribution in [2.45, 2.75) is 40.2 Å². The fourth-order valence-corrected chi connectivity index (χ4v) is 1.46. The molecule has 1 aromatic rings. The Hall–Kier alpha value is -1.44. The van der Waals surface area contributed by atoms with Crippen molar-refractivity contribution >= 4 is 5.78 Å². The van der Waals surface area contributed by atoms with E-state index in [1.165, 1.54) is 5.57 Å². The normalized spacial score (nSPS) is 9.94. The van der Waals surface area contributed by atoms with Crippen LogP contribution in [-0.4, -0.2) is 5.78 Å². The number of hydrogen-bond acceptors (Lipinski definition) is 1. The topological polar surface area (TPSA) is 20.9 Å². The summed E-state index contributed by atoms with van der Waals surface area (Å²) in [5, 5.41) is 0. The molecule has 0 spiro atoms. The number of aromatic nitrogens is 1. The number of hydrogen-bond donors (Lipinski definition) is 0. The van der Waals surface area contributed by atoms with Gasteiger partial charge in [0.1, 0.15) is 0 Å². The minimum Gasteiger partial charge on any atom is -0.294 e. The van der Waals surface area contributed by atoms with Crippen molar-refractivity contribution < 1.29 is 9.36 Å². The first kappa shape index (κ1) is 12.6. The lowest BCUT2D eigenvalue weighted by atomic mass is 10.1. The molecule has 0 fully saturated rings. The zero-order valence-corrected chi connectivity index (χ0v) is 10.4. The summed E-state index contributed by atoms with van der Waals surface area (Å²) in [7, 11) is 0. The van der Waals surface area contributed by atoms with E-state index in [1.807, 2.05) is 36.0 Å². The minimum absolute atomic E-state index is 0.231. The number of rotatable bonds is 5. The molecule has 0 unspecified atom stereocenters. The van der Waals surface area contributed by atoms with E-state index < -0.39 is 0 Å². The molecule has 0 amide bonds. The second-order valence-corrected chi connectivity index (χ2v) is 4.24. The Bertz CT molecular complexity index is 389. The predicted molar refractivity (Wildman–Crippen MR) is 65.3 cm³/mol. The second-order valence-electron chi connectivity index (χ2n) is 4.24. The summed E-state index contributed by atoms with van der Waals surface area (Å²) in [6, 6.07) is 3.82. The monoisotopic (exact) mass is 218 g/mol. The maximum absolute atomic E-state index is 11.7. The maximum Gasteiger partial charge on any atom is 0.179 e. The van der Waals surface area contributed by atoms with Gasteiger partial charge in [-0.25, -0.2) is 4.57 Å². The number of nitrogens with zero attached hydrogens (tertiary/aromatic N) is 1. The molecule has 1 rings (SSSR count). The fourth-order valence-electron chi connectivity index (χ4n) is 1.46. The molecule has 1 heterocycles. The number of ketones is 1. The third kappa shape index (κ3) is 3.97. The van der Waals surface area contributed by atoms with E-state index in [2.05, 4.69) is 19.9 Å². The Kier molecular flexibility index (Phi) is 4.90. The summed E-state index contributed by atoms with van der Waals surface area (Å²) in [6.07, 6.45) is 7.60. The molecule has 2 heteroatoms. The van der Waals surface area contributed by atoms with Gasteiger partial charge in [0.05, 0.1) is 5.56 Å². The number of carbonyl (C=O) groups excluding carboxylic acids is 1. The number of carbonyl (C=O) groups is 1. The van der Waals surface area contributed by atoms with E-state index in [9.17, 15) is 4.79 Å². The molecule has 0 aliphatic rings. The molecule has 86 valence electrons. The van der Waals surface area contributed by atoms with Gasteiger partial charge in [-0.2, -0.15) is 0 Å². The fraction of sp³-hybridized carbons (Fsp3) is 0.429. The number of pyridine rings is 1. The van der Waals surface area contributed by atoms with Gasteiger partial charge in [0.25, 0.3) is 0 Å². The lowest BCUT2D eigenvalue weighted by Gasteiger charge is -1.98. The highest BCUT2D eigenvalue weighted by atomic mass is 16.1. The first-order valence-electron chi connectivity index (χ1n) is 5.79. The average Bonchev–Trinajstić information content (AvgIpc) is 2.27. The number of allylic oxidation sites excluding steroid dienone is 2. The molecule has 0 radical (unpaired) electrons. The van der Waals surface area contributed by atoms with E-state index in [-0.39, 0.29) is 5.78 Å². The van der Waals surface area contributed by atoms with Crippen molar-refractivity contribution in [1.29, 1.82) is 0 Å². The van der Waals surface area contributed by atoms with E-state index in [1.54, 1.807) is 0 Å². The minimum atomic E-state index is 0.231. The average molecular weight is 218 g/mol. The molecule has 0 bridgehead atoms. The molecule has 0 aliphatic carbocycles. The van der Waals surface area contributed by atoms with Gasteiger partial charge in [-0.15, -0.1) is 0 Å². The first-order valence-corrected chi connectivity index (χ1v) is 5.79. The van der Waals surface area contributed by atoms with Crippen molar-refractivity contribution in [1.82, 2.24) is 0 Å². The van der Waals surface area contributed by atoms with Gasteiger partial charge in [-0.05, 0) is 32.4 Å². The third-order valence-corrected chi connectivity index (χ3v) is 2.37. The molecule has 2 nitrogen and oxygen atoms in total. The molecular formula is C14H20NO+. The molecule has 0 saturated carbocycles. The van der Waals surface area contributed by atoms with E-state index >= 15 is 0 Å². The van der Waals surface area contributed by atoms with E-state index in [0.717, 1.165) is 18.5 Å². The smallest absolute Gasteiger partial charge is 0.179 e. The van der Waals surface area contributed by atoms with E-state index in [0.29, 0.717) is 6.42 Å². The van der Waals surface area contributed by atoms with Crippen molar-refractivity contribution in [2.75, 3.05) is 0 Å². The third-order valence-electron chi connectivity index (χ3n) is 2.37. The SMILES string of the molecule is CCCC(=O)c1ccc[n+](CC=C(C)C)c1. The Balaban J connectivity index is 2.78. The van der Waals surface area contributed by atoms with Crippen LogP contribution < -0.4 is 4.57 Å². The maximum atomic E-state index is 11.7. The Labute approximate surface area is 97.6 Å². The molecule has 0 saturated heterocycles. The summed E-state index contributed by atoms with van der Waals surface area (Å²) in [5.41, 5.74) is 2.10. The highest BCUT2D eigenvalue weighted by Gasteiger charge is 2.08. The summed E-state index contributed by atoms with van der Waals surface area (Å²) in [4.78, 5) is 11.7. The van der Waals surface area contributed by atoms with Gasteiger partial charge in [0.15, 0.2) is 24.7 Å². The summed E-state index contributed by atoms with van der Waals surface area (Å²) in [6.45, 7) is 7.01. The van der Waals surface area contributed by atoms with Crippen LogP contribution in [0.15, 0.2) is 36.2 Å². The molecule has 16 heavy (non-hydrogen) atoms. The summed E-state index contributed by atoms with van der Waals surface area (Å²) in [5.74, 6) is 0.231. The van der Waals surface area contributed by atoms with Gasteiger partial charge in [0.2, 0.25) is 0 Å².